The molecule has 8 heteroatoms. The highest BCUT2D eigenvalue weighted by atomic mass is 32.3. The zero-order valence-corrected chi connectivity index (χ0v) is 19.3. The molecule has 1 aliphatic heterocycles. The van der Waals surface area contributed by atoms with Crippen LogP contribution in [0.15, 0.2) is 90.3 Å². The molecule has 3 aromatic rings. The second kappa shape index (κ2) is 9.37. The van der Waals surface area contributed by atoms with Crippen molar-refractivity contribution in [1.82, 2.24) is 0 Å². The molecule has 0 unspecified atom stereocenters. The Hall–Kier alpha value is -2.55. The van der Waals surface area contributed by atoms with Gasteiger partial charge in [0.2, 0.25) is 0 Å². The minimum Gasteiger partial charge on any atom is -0.209 e. The van der Waals surface area contributed by atoms with Crippen molar-refractivity contribution in [1.29, 1.82) is 0 Å². The first-order valence-corrected chi connectivity index (χ1v) is 13.8. The van der Waals surface area contributed by atoms with Crippen molar-refractivity contribution in [3.05, 3.63) is 101 Å². The number of benzene rings is 3. The van der Waals surface area contributed by atoms with Crippen molar-refractivity contribution in [3.63, 3.8) is 0 Å². The van der Waals surface area contributed by atoms with E-state index in [0.717, 1.165) is 22.3 Å². The third-order valence-electron chi connectivity index (χ3n) is 5.46. The fourth-order valence-electron chi connectivity index (χ4n) is 3.83. The van der Waals surface area contributed by atoms with Crippen LogP contribution in [0.2, 0.25) is 0 Å². The van der Waals surface area contributed by atoms with Crippen LogP contribution in [0.1, 0.15) is 24.0 Å². The van der Waals surface area contributed by atoms with Gasteiger partial charge in [0.1, 0.15) is 0 Å². The monoisotopic (exact) mass is 492 g/mol. The Morgan fingerprint density at radius 3 is 1.79 bits per heavy atom. The lowest BCUT2D eigenvalue weighted by atomic mass is 9.97. The Labute approximate surface area is 193 Å². The van der Waals surface area contributed by atoms with Crippen LogP contribution in [0.25, 0.3) is 16.7 Å². The molecule has 0 N–H and O–H groups in total. The average molecular weight is 493 g/mol. The maximum Gasteiger partial charge on any atom is 0.523 e. The van der Waals surface area contributed by atoms with Crippen molar-refractivity contribution in [2.45, 2.75) is 18.3 Å². The van der Waals surface area contributed by atoms with Gasteiger partial charge in [-0.15, -0.1) is 0 Å². The van der Waals surface area contributed by atoms with E-state index in [4.69, 9.17) is 3.63 Å². The van der Waals surface area contributed by atoms with E-state index in [1.807, 2.05) is 84.9 Å². The number of halogens is 3. The third-order valence-corrected chi connectivity index (χ3v) is 10.5. The highest BCUT2D eigenvalue weighted by molar-refractivity contribution is 8.35. The lowest BCUT2D eigenvalue weighted by Crippen LogP contribution is -2.27. The van der Waals surface area contributed by atoms with Crippen molar-refractivity contribution < 1.29 is 25.2 Å². The summed E-state index contributed by atoms with van der Waals surface area (Å²) in [6.45, 7) is 0. The van der Waals surface area contributed by atoms with Crippen LogP contribution in [-0.4, -0.2) is 25.4 Å². The van der Waals surface area contributed by atoms with Crippen LogP contribution >= 0.6 is 10.3 Å². The predicted octanol–water partition coefficient (Wildman–Crippen LogP) is 7.12. The van der Waals surface area contributed by atoms with Gasteiger partial charge in [0, 0.05) is 11.5 Å². The summed E-state index contributed by atoms with van der Waals surface area (Å²) < 4.78 is 68.2. The summed E-state index contributed by atoms with van der Waals surface area (Å²) in [5.41, 5.74) is -1.15. The fraction of sp³-hybridized carbons (Fsp3) is 0.200. The highest BCUT2D eigenvalue weighted by Crippen LogP contribution is 2.60. The first kappa shape index (κ1) is 23.6. The highest BCUT2D eigenvalue weighted by Gasteiger charge is 2.51. The number of alkyl halides is 3. The lowest BCUT2D eigenvalue weighted by molar-refractivity contribution is -0.0495. The van der Waals surface area contributed by atoms with Gasteiger partial charge < -0.3 is 0 Å². The molecule has 0 aromatic heterocycles. The summed E-state index contributed by atoms with van der Waals surface area (Å²) in [6, 6.07) is 26.8. The molecular formula is C25H23F3O3S2. The fourth-order valence-corrected chi connectivity index (χ4v) is 8.79. The van der Waals surface area contributed by atoms with E-state index in [1.54, 1.807) is 5.41 Å². The molecule has 4 rings (SSSR count). The van der Waals surface area contributed by atoms with Gasteiger partial charge in [0.15, 0.2) is 0 Å². The lowest BCUT2D eigenvalue weighted by Gasteiger charge is -2.32. The number of hydrogen-bond donors (Lipinski definition) is 0. The van der Waals surface area contributed by atoms with Gasteiger partial charge in [-0.2, -0.15) is 21.6 Å². The van der Waals surface area contributed by atoms with Gasteiger partial charge in [0.25, 0.3) is 0 Å². The maximum absolute atomic E-state index is 13.1. The standard InChI is InChI=1S/C25H23F3O3S2/c26-25(27,28)33(29,30)31-32(17-7-8-18-32)19-24(22-11-5-2-6-12-22)23-15-13-21(14-16-23)20-9-3-1-4-10-20/h1-6,9-16,19H,7-8,17-18H2. The Kier molecular flexibility index (Phi) is 6.70. The average Bonchev–Trinajstić information content (AvgIpc) is 3.26. The van der Waals surface area contributed by atoms with Crippen LogP contribution in [-0.2, 0) is 13.7 Å². The van der Waals surface area contributed by atoms with E-state index < -0.39 is 25.9 Å². The van der Waals surface area contributed by atoms with Crippen molar-refractivity contribution in [2.24, 2.45) is 0 Å². The SMILES string of the molecule is O=S(=O)(OS1(C=C(c2ccccc2)c2ccc(-c3ccccc3)cc2)CCCC1)C(F)(F)F. The van der Waals surface area contributed by atoms with Gasteiger partial charge in [-0.3, -0.25) is 0 Å². The second-order valence-corrected chi connectivity index (χ2v) is 12.5. The summed E-state index contributed by atoms with van der Waals surface area (Å²) in [7, 11) is -8.33. The van der Waals surface area contributed by atoms with E-state index in [9.17, 15) is 21.6 Å². The van der Waals surface area contributed by atoms with Crippen molar-refractivity contribution in [2.75, 3.05) is 11.5 Å². The van der Waals surface area contributed by atoms with Crippen LogP contribution < -0.4 is 0 Å². The number of hydrogen-bond acceptors (Lipinski definition) is 3. The van der Waals surface area contributed by atoms with Gasteiger partial charge in [-0.1, -0.05) is 95.2 Å². The molecule has 0 bridgehead atoms. The summed E-state index contributed by atoms with van der Waals surface area (Å²) in [6.07, 6.45) is 1.24. The van der Waals surface area contributed by atoms with E-state index in [2.05, 4.69) is 0 Å². The molecule has 1 heterocycles. The van der Waals surface area contributed by atoms with Crippen LogP contribution in [0.3, 0.4) is 0 Å². The summed E-state index contributed by atoms with van der Waals surface area (Å²) in [5.74, 6) is 0.557. The van der Waals surface area contributed by atoms with Crippen molar-refractivity contribution >= 4 is 26.0 Å². The molecule has 1 aliphatic rings. The maximum atomic E-state index is 13.1. The zero-order valence-electron chi connectivity index (χ0n) is 17.7. The molecule has 0 aliphatic carbocycles. The smallest absolute Gasteiger partial charge is 0.209 e. The topological polar surface area (TPSA) is 43.4 Å². The normalized spacial score (nSPS) is 17.6. The molecule has 0 saturated carbocycles. The Balaban J connectivity index is 1.79. The van der Waals surface area contributed by atoms with Crippen LogP contribution in [0.5, 0.6) is 0 Å². The summed E-state index contributed by atoms with van der Waals surface area (Å²) >= 11 is 0. The molecule has 1 saturated heterocycles. The van der Waals surface area contributed by atoms with Gasteiger partial charge in [-0.25, -0.2) is 3.63 Å². The predicted molar refractivity (Wildman–Crippen MR) is 128 cm³/mol. The van der Waals surface area contributed by atoms with E-state index >= 15 is 0 Å². The molecule has 0 amide bonds. The first-order valence-electron chi connectivity index (χ1n) is 10.4. The van der Waals surface area contributed by atoms with Crippen LogP contribution in [0, 0.1) is 0 Å². The second-order valence-electron chi connectivity index (χ2n) is 7.79. The third kappa shape index (κ3) is 5.34. The molecule has 3 aromatic carbocycles. The number of rotatable bonds is 6. The Bertz CT molecular complexity index is 1220. The van der Waals surface area contributed by atoms with E-state index in [0.29, 0.717) is 18.4 Å². The molecule has 33 heavy (non-hydrogen) atoms. The summed E-state index contributed by atoms with van der Waals surface area (Å²) in [4.78, 5) is 0. The molecular weight excluding hydrogens is 469 g/mol. The van der Waals surface area contributed by atoms with E-state index in [-0.39, 0.29) is 11.5 Å². The molecule has 0 atom stereocenters. The van der Waals surface area contributed by atoms with Gasteiger partial charge in [-0.05, 0) is 46.1 Å². The minimum absolute atomic E-state index is 0.279. The molecule has 0 radical (unpaired) electrons. The largest absolute Gasteiger partial charge is 0.523 e. The molecule has 1 fully saturated rings. The Morgan fingerprint density at radius 1 is 0.758 bits per heavy atom. The molecule has 0 spiro atoms. The van der Waals surface area contributed by atoms with Gasteiger partial charge in [0.05, 0.1) is 0 Å². The van der Waals surface area contributed by atoms with Crippen molar-refractivity contribution in [3.8, 4) is 11.1 Å². The van der Waals surface area contributed by atoms with E-state index in [1.165, 1.54) is 0 Å². The van der Waals surface area contributed by atoms with Gasteiger partial charge >= 0.3 is 15.6 Å². The summed E-state index contributed by atoms with van der Waals surface area (Å²) in [5, 5.41) is 1.65. The minimum atomic E-state index is -5.70. The first-order chi connectivity index (χ1) is 15.7. The zero-order chi connectivity index (χ0) is 23.5. The molecule has 174 valence electrons. The quantitative estimate of drug-likeness (QED) is 0.344. The molecule has 3 nitrogen and oxygen atoms in total. The Morgan fingerprint density at radius 2 is 1.24 bits per heavy atom. The van der Waals surface area contributed by atoms with Crippen LogP contribution in [0.4, 0.5) is 13.2 Å².